The van der Waals surface area contributed by atoms with E-state index in [2.05, 4.69) is 10.1 Å². The summed E-state index contributed by atoms with van der Waals surface area (Å²) in [6, 6.07) is 2.77. The number of nitrogens with zero attached hydrogens (tertiary/aromatic N) is 2. The Morgan fingerprint density at radius 2 is 2.41 bits per heavy atom. The lowest BCUT2D eigenvalue weighted by Crippen LogP contribution is -2.04. The molecule has 0 spiro atoms. The van der Waals surface area contributed by atoms with E-state index >= 15 is 0 Å². The molecule has 0 bridgehead atoms. The summed E-state index contributed by atoms with van der Waals surface area (Å²) in [4.78, 5) is 14.9. The van der Waals surface area contributed by atoms with Crippen molar-refractivity contribution in [1.82, 2.24) is 10.1 Å². The van der Waals surface area contributed by atoms with Gasteiger partial charge in [-0.25, -0.2) is 9.18 Å². The van der Waals surface area contributed by atoms with Crippen LogP contribution < -0.4 is 0 Å². The SMILES string of the molecule is CCOC(=O)c1cc(-c2ccncc2F)on1. The van der Waals surface area contributed by atoms with E-state index < -0.39 is 11.8 Å². The maximum Gasteiger partial charge on any atom is 0.360 e. The molecule has 0 unspecified atom stereocenters. The number of esters is 1. The highest BCUT2D eigenvalue weighted by Gasteiger charge is 2.16. The van der Waals surface area contributed by atoms with Crippen LogP contribution in [-0.2, 0) is 4.74 Å². The van der Waals surface area contributed by atoms with Crippen LogP contribution in [0.5, 0.6) is 0 Å². The topological polar surface area (TPSA) is 65.2 Å². The van der Waals surface area contributed by atoms with Gasteiger partial charge in [0.25, 0.3) is 0 Å². The molecular formula is C11H9FN2O3. The molecule has 0 fully saturated rings. The summed E-state index contributed by atoms with van der Waals surface area (Å²) < 4.78 is 23.0. The zero-order valence-corrected chi connectivity index (χ0v) is 9.01. The van der Waals surface area contributed by atoms with Crippen LogP contribution in [0.25, 0.3) is 11.3 Å². The van der Waals surface area contributed by atoms with Crippen molar-refractivity contribution in [3.63, 3.8) is 0 Å². The average molecular weight is 236 g/mol. The fraction of sp³-hybridized carbons (Fsp3) is 0.182. The lowest BCUT2D eigenvalue weighted by Gasteiger charge is -1.95. The molecule has 0 N–H and O–H groups in total. The molecule has 0 aliphatic rings. The number of aromatic nitrogens is 2. The molecule has 0 saturated heterocycles. The van der Waals surface area contributed by atoms with Crippen LogP contribution in [0.1, 0.15) is 17.4 Å². The molecule has 0 aromatic carbocycles. The molecule has 2 aromatic heterocycles. The van der Waals surface area contributed by atoms with Gasteiger partial charge in [-0.2, -0.15) is 0 Å². The van der Waals surface area contributed by atoms with Crippen LogP contribution in [0, 0.1) is 5.82 Å². The molecule has 2 aromatic rings. The van der Waals surface area contributed by atoms with E-state index in [1.807, 2.05) is 0 Å². The lowest BCUT2D eigenvalue weighted by molar-refractivity contribution is 0.0514. The van der Waals surface area contributed by atoms with Gasteiger partial charge in [-0.05, 0) is 13.0 Å². The van der Waals surface area contributed by atoms with E-state index in [-0.39, 0.29) is 23.6 Å². The number of hydrogen-bond acceptors (Lipinski definition) is 5. The monoisotopic (exact) mass is 236 g/mol. The Morgan fingerprint density at radius 1 is 1.59 bits per heavy atom. The van der Waals surface area contributed by atoms with E-state index in [1.165, 1.54) is 18.3 Å². The number of ether oxygens (including phenoxy) is 1. The van der Waals surface area contributed by atoms with Gasteiger partial charge in [0.15, 0.2) is 17.3 Å². The van der Waals surface area contributed by atoms with Crippen molar-refractivity contribution in [1.29, 1.82) is 0 Å². The molecular weight excluding hydrogens is 227 g/mol. The average Bonchev–Trinajstić information content (AvgIpc) is 2.79. The second-order valence-electron chi connectivity index (χ2n) is 3.15. The predicted molar refractivity (Wildman–Crippen MR) is 55.6 cm³/mol. The standard InChI is InChI=1S/C11H9FN2O3/c1-2-16-11(15)9-5-10(17-14-9)7-3-4-13-6-8(7)12/h3-6H,2H2,1H3. The Balaban J connectivity index is 2.30. The van der Waals surface area contributed by atoms with Gasteiger partial charge in [0.2, 0.25) is 0 Å². The number of carbonyl (C=O) groups excluding carboxylic acids is 1. The Bertz CT molecular complexity index is 539. The molecule has 88 valence electrons. The Kier molecular flexibility index (Phi) is 3.13. The number of pyridine rings is 1. The zero-order chi connectivity index (χ0) is 12.3. The van der Waals surface area contributed by atoms with Crippen molar-refractivity contribution < 1.29 is 18.4 Å². The summed E-state index contributed by atoms with van der Waals surface area (Å²) in [5.74, 6) is -0.982. The van der Waals surface area contributed by atoms with Crippen molar-refractivity contribution in [3.05, 3.63) is 36.0 Å². The van der Waals surface area contributed by atoms with Crippen LogP contribution in [0.3, 0.4) is 0 Å². The summed E-state index contributed by atoms with van der Waals surface area (Å²) in [5.41, 5.74) is 0.209. The number of rotatable bonds is 3. The van der Waals surface area contributed by atoms with E-state index in [0.717, 1.165) is 6.20 Å². The minimum atomic E-state index is -0.600. The van der Waals surface area contributed by atoms with Crippen LogP contribution in [0.4, 0.5) is 4.39 Å². The van der Waals surface area contributed by atoms with Gasteiger partial charge >= 0.3 is 5.97 Å². The Hall–Kier alpha value is -2.24. The molecule has 17 heavy (non-hydrogen) atoms. The molecule has 2 heterocycles. The summed E-state index contributed by atoms with van der Waals surface area (Å²) in [6.07, 6.45) is 2.48. The maximum absolute atomic E-state index is 13.4. The minimum absolute atomic E-state index is 0.0121. The zero-order valence-electron chi connectivity index (χ0n) is 9.01. The van der Waals surface area contributed by atoms with Crippen molar-refractivity contribution in [3.8, 4) is 11.3 Å². The van der Waals surface area contributed by atoms with Gasteiger partial charge in [-0.1, -0.05) is 5.16 Å². The Morgan fingerprint density at radius 3 is 3.12 bits per heavy atom. The first-order chi connectivity index (χ1) is 8.22. The van der Waals surface area contributed by atoms with E-state index in [0.29, 0.717) is 0 Å². The van der Waals surface area contributed by atoms with Gasteiger partial charge in [0.05, 0.1) is 18.4 Å². The normalized spacial score (nSPS) is 10.2. The van der Waals surface area contributed by atoms with Gasteiger partial charge in [-0.3, -0.25) is 4.98 Å². The van der Waals surface area contributed by atoms with Gasteiger partial charge in [0.1, 0.15) is 0 Å². The third kappa shape index (κ3) is 2.30. The first-order valence-electron chi connectivity index (χ1n) is 4.96. The highest BCUT2D eigenvalue weighted by molar-refractivity contribution is 5.88. The molecule has 0 saturated carbocycles. The largest absolute Gasteiger partial charge is 0.461 e. The summed E-state index contributed by atoms with van der Waals surface area (Å²) >= 11 is 0. The smallest absolute Gasteiger partial charge is 0.360 e. The molecule has 6 heteroatoms. The molecule has 2 rings (SSSR count). The van der Waals surface area contributed by atoms with Crippen molar-refractivity contribution in [2.24, 2.45) is 0 Å². The number of carbonyl (C=O) groups is 1. The number of hydrogen-bond donors (Lipinski definition) is 0. The first kappa shape index (κ1) is 11.3. The van der Waals surface area contributed by atoms with Crippen LogP contribution >= 0.6 is 0 Å². The van der Waals surface area contributed by atoms with Crippen LogP contribution in [0.15, 0.2) is 29.0 Å². The van der Waals surface area contributed by atoms with Crippen molar-refractivity contribution >= 4 is 5.97 Å². The second-order valence-corrected chi connectivity index (χ2v) is 3.15. The van der Waals surface area contributed by atoms with Crippen LogP contribution in [-0.4, -0.2) is 22.7 Å². The van der Waals surface area contributed by atoms with Gasteiger partial charge in [0, 0.05) is 12.3 Å². The molecule has 5 nitrogen and oxygen atoms in total. The molecule has 0 amide bonds. The lowest BCUT2D eigenvalue weighted by atomic mass is 10.2. The third-order valence-corrected chi connectivity index (χ3v) is 2.03. The van der Waals surface area contributed by atoms with Crippen LogP contribution in [0.2, 0.25) is 0 Å². The van der Waals surface area contributed by atoms with E-state index in [4.69, 9.17) is 9.26 Å². The first-order valence-corrected chi connectivity index (χ1v) is 4.96. The minimum Gasteiger partial charge on any atom is -0.461 e. The molecule has 0 radical (unpaired) electrons. The van der Waals surface area contributed by atoms with E-state index in [1.54, 1.807) is 6.92 Å². The van der Waals surface area contributed by atoms with Crippen molar-refractivity contribution in [2.45, 2.75) is 6.92 Å². The number of halogens is 1. The highest BCUT2D eigenvalue weighted by Crippen LogP contribution is 2.22. The highest BCUT2D eigenvalue weighted by atomic mass is 19.1. The molecule has 0 atom stereocenters. The summed E-state index contributed by atoms with van der Waals surface area (Å²) in [5, 5.41) is 3.52. The summed E-state index contributed by atoms with van der Waals surface area (Å²) in [6.45, 7) is 1.92. The van der Waals surface area contributed by atoms with Gasteiger partial charge < -0.3 is 9.26 Å². The maximum atomic E-state index is 13.4. The molecule has 0 aliphatic carbocycles. The van der Waals surface area contributed by atoms with Crippen molar-refractivity contribution in [2.75, 3.05) is 6.61 Å². The molecule has 0 aliphatic heterocycles. The quantitative estimate of drug-likeness (QED) is 0.763. The fourth-order valence-corrected chi connectivity index (χ4v) is 1.28. The van der Waals surface area contributed by atoms with Gasteiger partial charge in [-0.15, -0.1) is 0 Å². The van der Waals surface area contributed by atoms with E-state index in [9.17, 15) is 9.18 Å². The fourth-order valence-electron chi connectivity index (χ4n) is 1.28. The second kappa shape index (κ2) is 4.73. The summed E-state index contributed by atoms with van der Waals surface area (Å²) in [7, 11) is 0. The predicted octanol–water partition coefficient (Wildman–Crippen LogP) is 2.05. The third-order valence-electron chi connectivity index (χ3n) is 2.03. The Labute approximate surface area is 96.2 Å².